The largest absolute Gasteiger partial charge is 0.480 e. The Labute approximate surface area is 184 Å². The quantitative estimate of drug-likeness (QED) is 0.503. The number of nitrogens with one attached hydrogen (secondary N) is 2. The van der Waals surface area contributed by atoms with Crippen LogP contribution in [0.5, 0.6) is 5.88 Å². The van der Waals surface area contributed by atoms with Crippen LogP contribution in [0.1, 0.15) is 32.6 Å². The standard InChI is InChI=1S/C23H25N7O2/c1-23(30-8-3-4-18(30)31)10-15(11-23)26-22-27-20-19(21(28-22)32-2)16(12-25-20)14-5-6-17-24-7-9-29(17)13-14/h5-7,9,12-13,15H,3-4,8,10-11H2,1-2H3,(H2,25,26,27,28)/t15-,23-. The van der Waals surface area contributed by atoms with Gasteiger partial charge in [0.15, 0.2) is 0 Å². The van der Waals surface area contributed by atoms with Gasteiger partial charge in [0, 0.05) is 60.5 Å². The maximum absolute atomic E-state index is 12.1. The second-order valence-corrected chi connectivity index (χ2v) is 8.99. The lowest BCUT2D eigenvalue weighted by molar-refractivity contribution is -0.136. The minimum absolute atomic E-state index is 0.0645. The summed E-state index contributed by atoms with van der Waals surface area (Å²) in [6.45, 7) is 3.04. The van der Waals surface area contributed by atoms with Crippen LogP contribution in [0, 0.1) is 0 Å². The highest BCUT2D eigenvalue weighted by Crippen LogP contribution is 2.41. The van der Waals surface area contributed by atoms with Crippen molar-refractivity contribution in [2.24, 2.45) is 0 Å². The van der Waals surface area contributed by atoms with Crippen molar-refractivity contribution in [2.45, 2.75) is 44.2 Å². The van der Waals surface area contributed by atoms with E-state index in [1.165, 1.54) is 0 Å². The molecular weight excluding hydrogens is 406 g/mol. The summed E-state index contributed by atoms with van der Waals surface area (Å²) in [6, 6.07) is 4.25. The van der Waals surface area contributed by atoms with Gasteiger partial charge in [-0.25, -0.2) is 4.98 Å². The lowest BCUT2D eigenvalue weighted by Crippen LogP contribution is -2.59. The second-order valence-electron chi connectivity index (χ2n) is 8.99. The molecule has 1 saturated heterocycles. The molecule has 9 heteroatoms. The monoisotopic (exact) mass is 431 g/mol. The predicted molar refractivity (Wildman–Crippen MR) is 121 cm³/mol. The average Bonchev–Trinajstić information content (AvgIpc) is 3.50. The number of anilines is 1. The number of rotatable bonds is 5. The molecule has 1 saturated carbocycles. The number of nitrogens with zero attached hydrogens (tertiary/aromatic N) is 5. The molecule has 2 N–H and O–H groups in total. The smallest absolute Gasteiger partial charge is 0.228 e. The first-order valence-electron chi connectivity index (χ1n) is 11.0. The Balaban J connectivity index is 1.27. The lowest BCUT2D eigenvalue weighted by Gasteiger charge is -2.51. The van der Waals surface area contributed by atoms with Crippen LogP contribution in [-0.4, -0.2) is 60.4 Å². The number of carbonyl (C=O) groups excluding carboxylic acids is 1. The fraction of sp³-hybridized carbons (Fsp3) is 0.391. The maximum atomic E-state index is 12.1. The number of imidazole rings is 1. The van der Waals surface area contributed by atoms with Crippen LogP contribution < -0.4 is 10.1 Å². The highest BCUT2D eigenvalue weighted by molar-refractivity contribution is 5.97. The Kier molecular flexibility index (Phi) is 4.14. The number of hydrogen-bond acceptors (Lipinski definition) is 6. The van der Waals surface area contributed by atoms with Crippen LogP contribution in [0.2, 0.25) is 0 Å². The zero-order valence-electron chi connectivity index (χ0n) is 18.1. The van der Waals surface area contributed by atoms with Gasteiger partial charge in [-0.1, -0.05) is 0 Å². The van der Waals surface area contributed by atoms with E-state index >= 15 is 0 Å². The van der Waals surface area contributed by atoms with Gasteiger partial charge in [0.1, 0.15) is 11.3 Å². The van der Waals surface area contributed by atoms with Crippen LogP contribution >= 0.6 is 0 Å². The molecule has 0 aromatic carbocycles. The number of hydrogen-bond donors (Lipinski definition) is 2. The third kappa shape index (κ3) is 2.91. The van der Waals surface area contributed by atoms with Crippen LogP contribution in [0.3, 0.4) is 0 Å². The van der Waals surface area contributed by atoms with Crippen LogP contribution in [0.15, 0.2) is 36.9 Å². The minimum atomic E-state index is -0.0645. The number of aromatic amines is 1. The van der Waals surface area contributed by atoms with E-state index in [1.54, 1.807) is 13.3 Å². The summed E-state index contributed by atoms with van der Waals surface area (Å²) in [5, 5.41) is 4.28. The van der Waals surface area contributed by atoms with Crippen molar-refractivity contribution in [3.8, 4) is 17.0 Å². The van der Waals surface area contributed by atoms with E-state index in [2.05, 4.69) is 27.2 Å². The Morgan fingerprint density at radius 1 is 1.28 bits per heavy atom. The van der Waals surface area contributed by atoms with Crippen molar-refractivity contribution in [2.75, 3.05) is 19.0 Å². The summed E-state index contributed by atoms with van der Waals surface area (Å²) in [4.78, 5) is 31.1. The van der Waals surface area contributed by atoms with Crippen molar-refractivity contribution in [3.63, 3.8) is 0 Å². The van der Waals surface area contributed by atoms with Gasteiger partial charge in [0.2, 0.25) is 17.7 Å². The van der Waals surface area contributed by atoms with Gasteiger partial charge < -0.3 is 24.3 Å². The molecule has 9 nitrogen and oxygen atoms in total. The molecule has 2 fully saturated rings. The third-order valence-electron chi connectivity index (χ3n) is 6.82. The van der Waals surface area contributed by atoms with Crippen molar-refractivity contribution >= 4 is 28.5 Å². The number of aromatic nitrogens is 5. The molecule has 0 bridgehead atoms. The summed E-state index contributed by atoms with van der Waals surface area (Å²) >= 11 is 0. The zero-order chi connectivity index (χ0) is 21.9. The molecular formula is C23H25N7O2. The minimum Gasteiger partial charge on any atom is -0.480 e. The van der Waals surface area contributed by atoms with Crippen molar-refractivity contribution in [1.29, 1.82) is 0 Å². The Morgan fingerprint density at radius 2 is 2.16 bits per heavy atom. The van der Waals surface area contributed by atoms with Gasteiger partial charge in [-0.3, -0.25) is 4.79 Å². The molecule has 164 valence electrons. The van der Waals surface area contributed by atoms with E-state index < -0.39 is 0 Å². The van der Waals surface area contributed by atoms with Gasteiger partial charge in [-0.2, -0.15) is 9.97 Å². The number of pyridine rings is 1. The summed E-state index contributed by atoms with van der Waals surface area (Å²) in [5.41, 5.74) is 3.55. The van der Waals surface area contributed by atoms with E-state index in [4.69, 9.17) is 9.72 Å². The van der Waals surface area contributed by atoms with Gasteiger partial charge >= 0.3 is 0 Å². The molecule has 5 heterocycles. The first-order chi connectivity index (χ1) is 15.5. The number of methoxy groups -OCH3 is 1. The van der Waals surface area contributed by atoms with E-state index in [0.29, 0.717) is 18.2 Å². The van der Waals surface area contributed by atoms with Gasteiger partial charge in [0.25, 0.3) is 0 Å². The van der Waals surface area contributed by atoms with Crippen LogP contribution in [0.4, 0.5) is 5.95 Å². The fourth-order valence-corrected chi connectivity index (χ4v) is 5.25. The first kappa shape index (κ1) is 19.1. The van der Waals surface area contributed by atoms with Gasteiger partial charge in [-0.05, 0) is 38.3 Å². The molecule has 32 heavy (non-hydrogen) atoms. The molecule has 6 rings (SSSR count). The third-order valence-corrected chi connectivity index (χ3v) is 6.82. The Hall–Kier alpha value is -3.62. The molecule has 1 aliphatic heterocycles. The molecule has 0 atom stereocenters. The Bertz CT molecular complexity index is 1330. The normalized spacial score (nSPS) is 23.1. The lowest BCUT2D eigenvalue weighted by atomic mass is 9.73. The molecule has 4 aromatic heterocycles. The number of carbonyl (C=O) groups is 1. The molecule has 4 aromatic rings. The number of H-pyrrole nitrogens is 1. The number of ether oxygens (including phenoxy) is 1. The first-order valence-corrected chi connectivity index (χ1v) is 11.0. The van der Waals surface area contributed by atoms with Crippen LogP contribution in [0.25, 0.3) is 27.8 Å². The highest BCUT2D eigenvalue weighted by Gasteiger charge is 2.48. The summed E-state index contributed by atoms with van der Waals surface area (Å²) in [5.74, 6) is 1.34. The topological polar surface area (TPSA) is 100 Å². The average molecular weight is 432 g/mol. The molecule has 0 unspecified atom stereocenters. The maximum Gasteiger partial charge on any atom is 0.228 e. The second kappa shape index (κ2) is 6.94. The van der Waals surface area contributed by atoms with E-state index in [0.717, 1.165) is 53.6 Å². The molecule has 0 spiro atoms. The molecule has 1 aliphatic carbocycles. The summed E-state index contributed by atoms with van der Waals surface area (Å²) < 4.78 is 7.63. The van der Waals surface area contributed by atoms with E-state index in [9.17, 15) is 4.79 Å². The number of likely N-dealkylation sites (tertiary alicyclic amines) is 1. The molecule has 2 aliphatic rings. The van der Waals surface area contributed by atoms with Crippen molar-refractivity contribution in [1.82, 2.24) is 29.2 Å². The SMILES string of the molecule is COc1nc(N[C@H]2C[C@](C)(N3CCCC3=O)C2)nc2[nH]cc(-c3ccc4nccn4c3)c12. The van der Waals surface area contributed by atoms with Crippen molar-refractivity contribution < 1.29 is 9.53 Å². The fourth-order valence-electron chi connectivity index (χ4n) is 5.25. The molecule has 0 radical (unpaired) electrons. The van der Waals surface area contributed by atoms with Gasteiger partial charge in [-0.15, -0.1) is 0 Å². The van der Waals surface area contributed by atoms with E-state index in [-0.39, 0.29) is 17.5 Å². The summed E-state index contributed by atoms with van der Waals surface area (Å²) in [7, 11) is 1.63. The number of fused-ring (bicyclic) bond motifs is 2. The predicted octanol–water partition coefficient (Wildman–Crippen LogP) is 3.24. The highest BCUT2D eigenvalue weighted by atomic mass is 16.5. The summed E-state index contributed by atoms with van der Waals surface area (Å²) in [6.07, 6.45) is 11.1. The van der Waals surface area contributed by atoms with Gasteiger partial charge in [0.05, 0.1) is 12.5 Å². The Morgan fingerprint density at radius 3 is 2.94 bits per heavy atom. The zero-order valence-corrected chi connectivity index (χ0v) is 18.1. The van der Waals surface area contributed by atoms with Crippen LogP contribution in [-0.2, 0) is 4.79 Å². The van der Waals surface area contributed by atoms with E-state index in [1.807, 2.05) is 40.0 Å². The number of amides is 1. The van der Waals surface area contributed by atoms with Crippen molar-refractivity contribution in [3.05, 3.63) is 36.9 Å². The molecule has 1 amide bonds.